The maximum absolute atomic E-state index is 12.4. The second-order valence-electron chi connectivity index (χ2n) is 7.62. The van der Waals surface area contributed by atoms with Gasteiger partial charge in [0.15, 0.2) is 0 Å². The second-order valence-corrected chi connectivity index (χ2v) is 8.63. The number of imidazole rings is 1. The number of allylic oxidation sites excluding steroid dienone is 3. The largest absolute Gasteiger partial charge is 0.444 e. The Morgan fingerprint density at radius 1 is 1.37 bits per heavy atom. The molecule has 0 aliphatic rings. The lowest BCUT2D eigenvalue weighted by Gasteiger charge is -2.26. The molecule has 0 atom stereocenters. The molecule has 5 nitrogen and oxygen atoms in total. The van der Waals surface area contributed by atoms with Crippen LogP contribution < -0.4 is 0 Å². The second kappa shape index (κ2) is 10.4. The zero-order chi connectivity index (χ0) is 20.6. The van der Waals surface area contributed by atoms with Crippen LogP contribution in [0.15, 0.2) is 34.7 Å². The predicted molar refractivity (Wildman–Crippen MR) is 115 cm³/mol. The Kier molecular flexibility index (Phi) is 8.89. The van der Waals surface area contributed by atoms with Gasteiger partial charge in [-0.1, -0.05) is 30.8 Å². The van der Waals surface area contributed by atoms with Gasteiger partial charge < -0.3 is 14.6 Å². The van der Waals surface area contributed by atoms with Crippen molar-refractivity contribution in [2.24, 2.45) is 0 Å². The fourth-order valence-corrected chi connectivity index (χ4v) is 2.98. The van der Waals surface area contributed by atoms with Crippen LogP contribution in [0.3, 0.4) is 0 Å². The van der Waals surface area contributed by atoms with Gasteiger partial charge in [-0.15, -0.1) is 0 Å². The zero-order valence-electron chi connectivity index (χ0n) is 17.7. The van der Waals surface area contributed by atoms with E-state index in [4.69, 9.17) is 4.74 Å². The molecule has 0 fully saturated rings. The molecule has 0 saturated heterocycles. The van der Waals surface area contributed by atoms with Gasteiger partial charge >= 0.3 is 6.09 Å². The van der Waals surface area contributed by atoms with E-state index in [2.05, 4.69) is 36.5 Å². The van der Waals surface area contributed by atoms with Crippen molar-refractivity contribution in [2.45, 2.75) is 67.0 Å². The normalized spacial score (nSPS) is 11.9. The van der Waals surface area contributed by atoms with Crippen LogP contribution in [0.1, 0.15) is 66.4 Å². The fourth-order valence-electron chi connectivity index (χ4n) is 2.32. The Balaban J connectivity index is 2.95. The number of aromatic nitrogens is 2. The summed E-state index contributed by atoms with van der Waals surface area (Å²) in [4.78, 5) is 23.0. The first-order valence-corrected chi connectivity index (χ1v) is 10.1. The van der Waals surface area contributed by atoms with Crippen LogP contribution in [0.25, 0.3) is 5.57 Å². The molecule has 0 saturated carbocycles. The minimum Gasteiger partial charge on any atom is -0.444 e. The van der Waals surface area contributed by atoms with Crippen molar-refractivity contribution in [1.82, 2.24) is 14.9 Å². The van der Waals surface area contributed by atoms with Crippen molar-refractivity contribution in [2.75, 3.05) is 6.54 Å². The third kappa shape index (κ3) is 8.08. The molecule has 1 aromatic heterocycles. The topological polar surface area (TPSA) is 58.2 Å². The van der Waals surface area contributed by atoms with E-state index in [1.54, 1.807) is 16.7 Å². The molecule has 0 aromatic carbocycles. The number of ether oxygens (including phenoxy) is 1. The van der Waals surface area contributed by atoms with Gasteiger partial charge in [-0.2, -0.15) is 0 Å². The first kappa shape index (κ1) is 23.1. The molecule has 0 spiro atoms. The van der Waals surface area contributed by atoms with Gasteiger partial charge in [0.2, 0.25) is 0 Å². The standard InChI is InChI=1S/C21H33N3O2S/c1-9-11-24(20(25)26-21(6,7)8)14-19-22-13-17(23-19)16(5)12-18(15(3)4)27-10-2/h10,12-13H,2,9,11,14H2,1,3-8H3,(H,22,23)/b16-12+. The van der Waals surface area contributed by atoms with E-state index in [0.717, 1.165) is 23.5 Å². The first-order chi connectivity index (χ1) is 12.6. The average molecular weight is 392 g/mol. The van der Waals surface area contributed by atoms with Crippen LogP contribution in [0, 0.1) is 0 Å². The van der Waals surface area contributed by atoms with E-state index >= 15 is 0 Å². The molecule has 150 valence electrons. The van der Waals surface area contributed by atoms with Crippen molar-refractivity contribution in [3.63, 3.8) is 0 Å². The molecule has 27 heavy (non-hydrogen) atoms. The van der Waals surface area contributed by atoms with Gasteiger partial charge in [0.05, 0.1) is 18.4 Å². The van der Waals surface area contributed by atoms with E-state index in [9.17, 15) is 4.79 Å². The molecular formula is C21H33N3O2S. The number of rotatable bonds is 8. The SMILES string of the molecule is C=CSC(/C=C(\C)c1cnc(CN(CCC)C(=O)OC(C)(C)C)[nH]1)=C(C)C. The van der Waals surface area contributed by atoms with E-state index in [0.29, 0.717) is 13.1 Å². The van der Waals surface area contributed by atoms with Gasteiger partial charge in [-0.05, 0) is 65.0 Å². The maximum Gasteiger partial charge on any atom is 0.410 e. The summed E-state index contributed by atoms with van der Waals surface area (Å²) in [6, 6.07) is 0. The van der Waals surface area contributed by atoms with Crippen LogP contribution in [-0.4, -0.2) is 33.1 Å². The minimum absolute atomic E-state index is 0.316. The third-order valence-electron chi connectivity index (χ3n) is 3.59. The molecule has 6 heteroatoms. The molecule has 1 N–H and O–H groups in total. The summed E-state index contributed by atoms with van der Waals surface area (Å²) in [7, 11) is 0. The van der Waals surface area contributed by atoms with Crippen LogP contribution in [0.2, 0.25) is 0 Å². The van der Waals surface area contributed by atoms with Crippen molar-refractivity contribution in [1.29, 1.82) is 0 Å². The smallest absolute Gasteiger partial charge is 0.410 e. The Bertz CT molecular complexity index is 707. The Hall–Kier alpha value is -1.95. The Morgan fingerprint density at radius 3 is 2.56 bits per heavy atom. The van der Waals surface area contributed by atoms with Crippen LogP contribution in [-0.2, 0) is 11.3 Å². The van der Waals surface area contributed by atoms with Gasteiger partial charge in [-0.3, -0.25) is 0 Å². The summed E-state index contributed by atoms with van der Waals surface area (Å²) in [5, 5.41) is 1.83. The highest BCUT2D eigenvalue weighted by atomic mass is 32.2. The lowest BCUT2D eigenvalue weighted by Crippen LogP contribution is -2.37. The maximum atomic E-state index is 12.4. The van der Waals surface area contributed by atoms with Crippen LogP contribution in [0.4, 0.5) is 4.79 Å². The average Bonchev–Trinajstić information content (AvgIpc) is 3.01. The van der Waals surface area contributed by atoms with Gasteiger partial charge in [0.25, 0.3) is 0 Å². The molecule has 1 heterocycles. The van der Waals surface area contributed by atoms with Gasteiger partial charge in [0.1, 0.15) is 11.4 Å². The van der Waals surface area contributed by atoms with Crippen LogP contribution in [0.5, 0.6) is 0 Å². The summed E-state index contributed by atoms with van der Waals surface area (Å²) >= 11 is 1.60. The molecule has 0 unspecified atom stereocenters. The summed E-state index contributed by atoms with van der Waals surface area (Å²) in [5.74, 6) is 0.743. The van der Waals surface area contributed by atoms with Crippen molar-refractivity contribution >= 4 is 23.4 Å². The fraction of sp³-hybridized carbons (Fsp3) is 0.524. The minimum atomic E-state index is -0.514. The zero-order valence-corrected chi connectivity index (χ0v) is 18.5. The van der Waals surface area contributed by atoms with Crippen LogP contribution >= 0.6 is 11.8 Å². The number of thioether (sulfide) groups is 1. The quantitative estimate of drug-likeness (QED) is 0.541. The lowest BCUT2D eigenvalue weighted by atomic mass is 10.2. The summed E-state index contributed by atoms with van der Waals surface area (Å²) in [6.45, 7) is 18.7. The Labute approximate surface area is 168 Å². The molecule has 0 aliphatic heterocycles. The number of nitrogens with zero attached hydrogens (tertiary/aromatic N) is 2. The molecule has 0 aliphatic carbocycles. The van der Waals surface area contributed by atoms with Gasteiger partial charge in [0, 0.05) is 11.4 Å². The molecular weight excluding hydrogens is 358 g/mol. The number of H-pyrrole nitrogens is 1. The molecule has 1 rings (SSSR count). The van der Waals surface area contributed by atoms with Crippen molar-refractivity contribution in [3.05, 3.63) is 46.3 Å². The molecule has 1 aromatic rings. The highest BCUT2D eigenvalue weighted by molar-refractivity contribution is 8.06. The van der Waals surface area contributed by atoms with E-state index in [1.807, 2.05) is 46.2 Å². The molecule has 0 bridgehead atoms. The van der Waals surface area contributed by atoms with Gasteiger partial charge in [-0.25, -0.2) is 9.78 Å². The number of carbonyl (C=O) groups is 1. The van der Waals surface area contributed by atoms with Crippen molar-refractivity contribution < 1.29 is 9.53 Å². The predicted octanol–water partition coefficient (Wildman–Crippen LogP) is 6.13. The summed E-state index contributed by atoms with van der Waals surface area (Å²) in [5.41, 5.74) is 2.74. The summed E-state index contributed by atoms with van der Waals surface area (Å²) < 4.78 is 5.50. The van der Waals surface area contributed by atoms with E-state index in [1.165, 1.54) is 10.5 Å². The number of hydrogen-bond acceptors (Lipinski definition) is 4. The number of aromatic amines is 1. The lowest BCUT2D eigenvalue weighted by molar-refractivity contribution is 0.0229. The Morgan fingerprint density at radius 2 is 2.04 bits per heavy atom. The van der Waals surface area contributed by atoms with E-state index < -0.39 is 5.60 Å². The highest BCUT2D eigenvalue weighted by Gasteiger charge is 2.22. The number of carbonyl (C=O) groups excluding carboxylic acids is 1. The van der Waals surface area contributed by atoms with Crippen molar-refractivity contribution in [3.8, 4) is 0 Å². The third-order valence-corrected chi connectivity index (χ3v) is 4.54. The number of nitrogens with one attached hydrogen (secondary N) is 1. The molecule has 1 amide bonds. The van der Waals surface area contributed by atoms with E-state index in [-0.39, 0.29) is 6.09 Å². The number of hydrogen-bond donors (Lipinski definition) is 1. The monoisotopic (exact) mass is 391 g/mol. The summed E-state index contributed by atoms with van der Waals surface area (Å²) in [6.07, 6.45) is 4.47. The molecule has 0 radical (unpaired) electrons. The highest BCUT2D eigenvalue weighted by Crippen LogP contribution is 2.26. The number of amides is 1. The first-order valence-electron chi connectivity index (χ1n) is 9.23.